The van der Waals surface area contributed by atoms with Gasteiger partial charge in [-0.3, -0.25) is 0 Å². The predicted molar refractivity (Wildman–Crippen MR) is 39.9 cm³/mol. The minimum atomic E-state index is 0.264. The van der Waals surface area contributed by atoms with E-state index in [0.717, 1.165) is 0 Å². The molecule has 0 atom stereocenters. The van der Waals surface area contributed by atoms with Crippen LogP contribution in [0.15, 0.2) is 12.5 Å². The maximum Gasteiger partial charge on any atom is 0.254 e. The number of anilines is 1. The normalized spacial score (nSPS) is 9.92. The minimum absolute atomic E-state index is 0.264. The monoisotopic (exact) mass is 160 g/mol. The zero-order valence-corrected chi connectivity index (χ0v) is 5.97. The van der Waals surface area contributed by atoms with Crippen molar-refractivity contribution in [3.63, 3.8) is 0 Å². The van der Waals surface area contributed by atoms with Gasteiger partial charge in [0.05, 0.1) is 6.20 Å². The summed E-state index contributed by atoms with van der Waals surface area (Å²) in [5.41, 5.74) is 5.87. The average Bonchev–Trinajstić information content (AvgIpc) is 2.53. The number of aromatic nitrogens is 4. The fourth-order valence-electron chi connectivity index (χ4n) is 0.882. The molecular weight excluding hydrogens is 156 g/mol. The van der Waals surface area contributed by atoms with E-state index in [-0.39, 0.29) is 5.82 Å². The molecule has 0 aliphatic rings. The van der Waals surface area contributed by atoms with Gasteiger partial charge in [-0.1, -0.05) is 0 Å². The van der Waals surface area contributed by atoms with Gasteiger partial charge >= 0.3 is 0 Å². The molecule has 0 saturated carbocycles. The van der Waals surface area contributed by atoms with Crippen molar-refractivity contribution >= 4 is 11.6 Å². The molecule has 0 aromatic carbocycles. The zero-order valence-electron chi connectivity index (χ0n) is 5.97. The number of nitrogen functional groups attached to an aromatic ring is 1. The summed E-state index contributed by atoms with van der Waals surface area (Å²) in [4.78, 5) is 7.67. The van der Waals surface area contributed by atoms with E-state index in [2.05, 4.69) is 15.1 Å². The Balaban J connectivity index is 2.89. The molecule has 0 aliphatic carbocycles. The number of nitrogens with zero attached hydrogens (tertiary/aromatic N) is 5. The maximum atomic E-state index is 8.58. The second-order valence-electron chi connectivity index (χ2n) is 2.14. The van der Waals surface area contributed by atoms with E-state index < -0.39 is 0 Å². The SMILES string of the molecule is N#Cc1cnc2ncnn2c1N. The Bertz CT molecular complexity index is 464. The molecule has 2 rings (SSSR count). The molecule has 6 nitrogen and oxygen atoms in total. The molecule has 0 saturated heterocycles. The van der Waals surface area contributed by atoms with Crippen LogP contribution in [-0.2, 0) is 0 Å². The van der Waals surface area contributed by atoms with E-state index in [1.807, 2.05) is 6.07 Å². The lowest BCUT2D eigenvalue weighted by Crippen LogP contribution is -2.02. The van der Waals surface area contributed by atoms with Gasteiger partial charge in [0.25, 0.3) is 5.78 Å². The van der Waals surface area contributed by atoms with Crippen molar-refractivity contribution in [1.82, 2.24) is 19.6 Å². The minimum Gasteiger partial charge on any atom is -0.382 e. The first-order valence-electron chi connectivity index (χ1n) is 3.17. The van der Waals surface area contributed by atoms with Gasteiger partial charge in [-0.15, -0.1) is 0 Å². The number of fused-ring (bicyclic) bond motifs is 1. The number of hydrogen-bond donors (Lipinski definition) is 1. The van der Waals surface area contributed by atoms with Crippen molar-refractivity contribution < 1.29 is 0 Å². The van der Waals surface area contributed by atoms with Gasteiger partial charge in [0, 0.05) is 0 Å². The lowest BCUT2D eigenvalue weighted by molar-refractivity contribution is 0.947. The highest BCUT2D eigenvalue weighted by molar-refractivity contribution is 5.51. The summed E-state index contributed by atoms with van der Waals surface area (Å²) >= 11 is 0. The first-order valence-corrected chi connectivity index (χ1v) is 3.17. The number of nitriles is 1. The predicted octanol–water partition coefficient (Wildman–Crippen LogP) is -0.422. The molecule has 2 aromatic rings. The summed E-state index contributed by atoms with van der Waals surface area (Å²) in [7, 11) is 0. The largest absolute Gasteiger partial charge is 0.382 e. The first-order chi connectivity index (χ1) is 5.83. The van der Waals surface area contributed by atoms with Crippen LogP contribution in [0.3, 0.4) is 0 Å². The van der Waals surface area contributed by atoms with Crippen molar-refractivity contribution in [3.05, 3.63) is 18.1 Å². The van der Waals surface area contributed by atoms with Crippen LogP contribution < -0.4 is 5.73 Å². The first kappa shape index (κ1) is 6.54. The molecule has 58 valence electrons. The van der Waals surface area contributed by atoms with Crippen LogP contribution in [-0.4, -0.2) is 19.6 Å². The van der Waals surface area contributed by atoms with Crippen molar-refractivity contribution in [2.45, 2.75) is 0 Å². The highest BCUT2D eigenvalue weighted by Crippen LogP contribution is 2.08. The van der Waals surface area contributed by atoms with Crippen LogP contribution in [0.4, 0.5) is 5.82 Å². The van der Waals surface area contributed by atoms with Gasteiger partial charge in [0.2, 0.25) is 0 Å². The third-order valence-electron chi connectivity index (χ3n) is 1.46. The van der Waals surface area contributed by atoms with Crippen molar-refractivity contribution in [2.75, 3.05) is 5.73 Å². The molecular formula is C6H4N6. The molecule has 0 amide bonds. The van der Waals surface area contributed by atoms with Crippen LogP contribution in [0.25, 0.3) is 5.78 Å². The highest BCUT2D eigenvalue weighted by Gasteiger charge is 2.04. The van der Waals surface area contributed by atoms with Crippen molar-refractivity contribution in [3.8, 4) is 6.07 Å². The second-order valence-corrected chi connectivity index (χ2v) is 2.14. The number of rotatable bonds is 0. The van der Waals surface area contributed by atoms with Crippen LogP contribution in [0, 0.1) is 11.3 Å². The quantitative estimate of drug-likeness (QED) is 0.564. The third kappa shape index (κ3) is 0.703. The Morgan fingerprint density at radius 3 is 3.08 bits per heavy atom. The Kier molecular flexibility index (Phi) is 1.18. The van der Waals surface area contributed by atoms with Gasteiger partial charge < -0.3 is 5.73 Å². The molecule has 0 spiro atoms. The molecule has 2 N–H and O–H groups in total. The van der Waals surface area contributed by atoms with Crippen LogP contribution in [0.2, 0.25) is 0 Å². The summed E-state index contributed by atoms with van der Waals surface area (Å²) in [5, 5.41) is 12.4. The van der Waals surface area contributed by atoms with E-state index >= 15 is 0 Å². The topological polar surface area (TPSA) is 92.9 Å². The lowest BCUT2D eigenvalue weighted by Gasteiger charge is -1.96. The van der Waals surface area contributed by atoms with Gasteiger partial charge in [-0.25, -0.2) is 4.98 Å². The molecule has 2 heterocycles. The van der Waals surface area contributed by atoms with E-state index in [9.17, 15) is 0 Å². The highest BCUT2D eigenvalue weighted by atomic mass is 15.3. The van der Waals surface area contributed by atoms with Crippen LogP contribution in [0.1, 0.15) is 5.56 Å². The number of hydrogen-bond acceptors (Lipinski definition) is 5. The summed E-state index contributed by atoms with van der Waals surface area (Å²) in [6.07, 6.45) is 2.71. The van der Waals surface area contributed by atoms with E-state index in [4.69, 9.17) is 11.0 Å². The average molecular weight is 160 g/mol. The molecule has 2 aromatic heterocycles. The smallest absolute Gasteiger partial charge is 0.254 e. The van der Waals surface area contributed by atoms with Gasteiger partial charge in [0.1, 0.15) is 23.8 Å². The fourth-order valence-corrected chi connectivity index (χ4v) is 0.882. The van der Waals surface area contributed by atoms with Crippen LogP contribution >= 0.6 is 0 Å². The lowest BCUT2D eigenvalue weighted by atomic mass is 10.3. The molecule has 12 heavy (non-hydrogen) atoms. The Labute approximate surface area is 67.3 Å². The molecule has 0 unspecified atom stereocenters. The fraction of sp³-hybridized carbons (Fsp3) is 0. The summed E-state index contributed by atoms with van der Waals surface area (Å²) < 4.78 is 1.32. The number of nitrogens with two attached hydrogens (primary N) is 1. The Morgan fingerprint density at radius 1 is 1.50 bits per heavy atom. The Hall–Kier alpha value is -2.16. The van der Waals surface area contributed by atoms with E-state index in [1.54, 1.807) is 0 Å². The second kappa shape index (κ2) is 2.17. The van der Waals surface area contributed by atoms with E-state index in [1.165, 1.54) is 17.0 Å². The van der Waals surface area contributed by atoms with Crippen LogP contribution in [0.5, 0.6) is 0 Å². The van der Waals surface area contributed by atoms with Crippen molar-refractivity contribution in [1.29, 1.82) is 5.26 Å². The third-order valence-corrected chi connectivity index (χ3v) is 1.46. The standard InChI is InChI=1S/C6H4N6/c7-1-4-2-9-6-10-3-11-12(6)5(4)8/h2-3H,8H2. The molecule has 6 heteroatoms. The Morgan fingerprint density at radius 2 is 2.33 bits per heavy atom. The summed E-state index contributed by atoms with van der Waals surface area (Å²) in [6.45, 7) is 0. The zero-order chi connectivity index (χ0) is 8.55. The maximum absolute atomic E-state index is 8.58. The van der Waals surface area contributed by atoms with Gasteiger partial charge in [0.15, 0.2) is 0 Å². The summed E-state index contributed by atoms with van der Waals surface area (Å²) in [6, 6.07) is 1.90. The van der Waals surface area contributed by atoms with Crippen molar-refractivity contribution in [2.24, 2.45) is 0 Å². The molecule has 0 fully saturated rings. The van der Waals surface area contributed by atoms with Gasteiger partial charge in [-0.05, 0) is 0 Å². The molecule has 0 aliphatic heterocycles. The summed E-state index contributed by atoms with van der Waals surface area (Å²) in [5.74, 6) is 0.659. The van der Waals surface area contributed by atoms with Gasteiger partial charge in [-0.2, -0.15) is 19.9 Å². The molecule has 0 radical (unpaired) electrons. The molecule has 0 bridgehead atoms. The van der Waals surface area contributed by atoms with E-state index in [0.29, 0.717) is 11.3 Å².